The summed E-state index contributed by atoms with van der Waals surface area (Å²) < 4.78 is 0.884. The molecule has 0 aliphatic rings. The van der Waals surface area contributed by atoms with Crippen molar-refractivity contribution in [3.63, 3.8) is 0 Å². The largest absolute Gasteiger partial charge is 0.344 e. The standard InChI is InChI=1S/C5H4BrN.H3N/c6-5-3-1-2-4-7-5;/h1-4H;1H3. The van der Waals surface area contributed by atoms with Gasteiger partial charge in [0.25, 0.3) is 0 Å². The second-order valence-electron chi connectivity index (χ2n) is 1.15. The van der Waals surface area contributed by atoms with Gasteiger partial charge in [-0.1, -0.05) is 6.07 Å². The molecule has 0 amide bonds. The van der Waals surface area contributed by atoms with Gasteiger partial charge in [-0.25, -0.2) is 4.98 Å². The Morgan fingerprint density at radius 2 is 2.12 bits per heavy atom. The van der Waals surface area contributed by atoms with Crippen LogP contribution in [0.15, 0.2) is 29.0 Å². The summed E-state index contributed by atoms with van der Waals surface area (Å²) in [6.07, 6.45) is 1.74. The van der Waals surface area contributed by atoms with Crippen LogP contribution in [-0.4, -0.2) is 4.98 Å². The van der Waals surface area contributed by atoms with Gasteiger partial charge in [0.05, 0.1) is 0 Å². The summed E-state index contributed by atoms with van der Waals surface area (Å²) in [7, 11) is 0. The van der Waals surface area contributed by atoms with E-state index in [4.69, 9.17) is 0 Å². The van der Waals surface area contributed by atoms with Crippen molar-refractivity contribution in [2.45, 2.75) is 0 Å². The molecule has 0 radical (unpaired) electrons. The van der Waals surface area contributed by atoms with Gasteiger partial charge in [0, 0.05) is 6.20 Å². The predicted molar refractivity (Wildman–Crippen MR) is 37.0 cm³/mol. The van der Waals surface area contributed by atoms with E-state index in [2.05, 4.69) is 20.9 Å². The number of hydrogen-bond acceptors (Lipinski definition) is 2. The molecule has 44 valence electrons. The fourth-order valence-corrected chi connectivity index (χ4v) is 0.613. The first-order valence-corrected chi connectivity index (χ1v) is 2.75. The first-order valence-electron chi connectivity index (χ1n) is 1.96. The number of halogens is 1. The van der Waals surface area contributed by atoms with E-state index >= 15 is 0 Å². The van der Waals surface area contributed by atoms with Crippen LogP contribution in [-0.2, 0) is 0 Å². The minimum absolute atomic E-state index is 0. The third-order valence-electron chi connectivity index (χ3n) is 0.629. The molecule has 1 heterocycles. The van der Waals surface area contributed by atoms with Gasteiger partial charge >= 0.3 is 0 Å². The van der Waals surface area contributed by atoms with E-state index in [-0.39, 0.29) is 6.15 Å². The lowest BCUT2D eigenvalue weighted by Gasteiger charge is -1.80. The topological polar surface area (TPSA) is 47.9 Å². The average molecular weight is 175 g/mol. The zero-order valence-electron chi connectivity index (χ0n) is 4.34. The van der Waals surface area contributed by atoms with Crippen molar-refractivity contribution >= 4 is 15.9 Å². The summed E-state index contributed by atoms with van der Waals surface area (Å²) in [5.41, 5.74) is 0. The third-order valence-corrected chi connectivity index (χ3v) is 1.10. The second kappa shape index (κ2) is 3.57. The smallest absolute Gasteiger partial charge is 0.106 e. The van der Waals surface area contributed by atoms with Crippen LogP contribution >= 0.6 is 15.9 Å². The zero-order valence-corrected chi connectivity index (χ0v) is 5.93. The van der Waals surface area contributed by atoms with Crippen LogP contribution in [0.5, 0.6) is 0 Å². The zero-order chi connectivity index (χ0) is 5.11. The molecule has 3 heteroatoms. The number of hydrogen-bond donors (Lipinski definition) is 1. The third kappa shape index (κ3) is 2.04. The van der Waals surface area contributed by atoms with Gasteiger partial charge in [-0.15, -0.1) is 0 Å². The van der Waals surface area contributed by atoms with E-state index < -0.39 is 0 Å². The van der Waals surface area contributed by atoms with Crippen LogP contribution < -0.4 is 6.15 Å². The molecular formula is C5H7BrN2. The minimum atomic E-state index is 0. The quantitative estimate of drug-likeness (QED) is 0.613. The van der Waals surface area contributed by atoms with E-state index in [0.717, 1.165) is 4.60 Å². The molecule has 0 saturated heterocycles. The Bertz CT molecular complexity index is 140. The lowest BCUT2D eigenvalue weighted by atomic mass is 10.5. The maximum Gasteiger partial charge on any atom is 0.106 e. The van der Waals surface area contributed by atoms with E-state index in [1.165, 1.54) is 0 Å². The monoisotopic (exact) mass is 174 g/mol. The van der Waals surface area contributed by atoms with Crippen LogP contribution in [0.1, 0.15) is 0 Å². The van der Waals surface area contributed by atoms with E-state index in [9.17, 15) is 0 Å². The van der Waals surface area contributed by atoms with Gasteiger partial charge < -0.3 is 6.15 Å². The Balaban J connectivity index is 0.000000490. The summed E-state index contributed by atoms with van der Waals surface area (Å²) in [6.45, 7) is 0. The molecule has 1 aromatic rings. The highest BCUT2D eigenvalue weighted by atomic mass is 79.9. The Hall–Kier alpha value is -0.410. The lowest BCUT2D eigenvalue weighted by molar-refractivity contribution is 1.28. The van der Waals surface area contributed by atoms with Gasteiger partial charge in [0.15, 0.2) is 0 Å². The van der Waals surface area contributed by atoms with E-state index in [0.29, 0.717) is 0 Å². The maximum absolute atomic E-state index is 3.90. The first kappa shape index (κ1) is 7.59. The normalized spacial score (nSPS) is 7.62. The molecule has 0 atom stereocenters. The number of pyridine rings is 1. The van der Waals surface area contributed by atoms with Gasteiger partial charge in [-0.05, 0) is 28.1 Å². The molecular weight excluding hydrogens is 168 g/mol. The van der Waals surface area contributed by atoms with Crippen LogP contribution in [0.25, 0.3) is 0 Å². The molecule has 8 heavy (non-hydrogen) atoms. The fraction of sp³-hybridized carbons (Fsp3) is 0. The first-order chi connectivity index (χ1) is 3.39. The molecule has 1 rings (SSSR count). The predicted octanol–water partition coefficient (Wildman–Crippen LogP) is 2.01. The highest BCUT2D eigenvalue weighted by Gasteiger charge is 1.75. The highest BCUT2D eigenvalue weighted by Crippen LogP contribution is 2.00. The van der Waals surface area contributed by atoms with Crippen molar-refractivity contribution in [3.8, 4) is 0 Å². The van der Waals surface area contributed by atoms with Crippen molar-refractivity contribution < 1.29 is 0 Å². The summed E-state index contributed by atoms with van der Waals surface area (Å²) >= 11 is 3.20. The Labute approximate surface area is 56.7 Å². The SMILES string of the molecule is Brc1ccccn1.N. The van der Waals surface area contributed by atoms with Crippen molar-refractivity contribution in [2.75, 3.05) is 0 Å². The highest BCUT2D eigenvalue weighted by molar-refractivity contribution is 9.10. The number of nitrogens with zero attached hydrogens (tertiary/aromatic N) is 1. The van der Waals surface area contributed by atoms with Crippen LogP contribution in [0, 0.1) is 0 Å². The van der Waals surface area contributed by atoms with E-state index in [1.807, 2.05) is 18.2 Å². The number of aromatic nitrogens is 1. The summed E-state index contributed by atoms with van der Waals surface area (Å²) in [4.78, 5) is 3.90. The molecule has 0 saturated carbocycles. The summed E-state index contributed by atoms with van der Waals surface area (Å²) in [6, 6.07) is 5.70. The average Bonchev–Trinajstić information content (AvgIpc) is 1.69. The van der Waals surface area contributed by atoms with Crippen LogP contribution in [0.4, 0.5) is 0 Å². The number of rotatable bonds is 0. The summed E-state index contributed by atoms with van der Waals surface area (Å²) in [5.74, 6) is 0. The Kier molecular flexibility index (Phi) is 3.39. The van der Waals surface area contributed by atoms with Gasteiger partial charge in [-0.3, -0.25) is 0 Å². The van der Waals surface area contributed by atoms with Gasteiger partial charge in [0.1, 0.15) is 4.60 Å². The molecule has 0 bridgehead atoms. The van der Waals surface area contributed by atoms with Crippen molar-refractivity contribution in [2.24, 2.45) is 0 Å². The molecule has 0 aromatic carbocycles. The molecule has 0 aliphatic carbocycles. The lowest BCUT2D eigenvalue weighted by Crippen LogP contribution is -1.66. The molecule has 0 fully saturated rings. The molecule has 1 aromatic heterocycles. The van der Waals surface area contributed by atoms with Crippen molar-refractivity contribution in [1.82, 2.24) is 11.1 Å². The van der Waals surface area contributed by atoms with Gasteiger partial charge in [-0.2, -0.15) is 0 Å². The van der Waals surface area contributed by atoms with E-state index in [1.54, 1.807) is 6.20 Å². The van der Waals surface area contributed by atoms with Crippen molar-refractivity contribution in [1.29, 1.82) is 0 Å². The Morgan fingerprint density at radius 1 is 1.38 bits per heavy atom. The molecule has 0 unspecified atom stereocenters. The van der Waals surface area contributed by atoms with Crippen LogP contribution in [0.2, 0.25) is 0 Å². The maximum atomic E-state index is 3.90. The molecule has 0 spiro atoms. The summed E-state index contributed by atoms with van der Waals surface area (Å²) in [5, 5.41) is 0. The molecule has 0 aliphatic heterocycles. The van der Waals surface area contributed by atoms with Crippen LogP contribution in [0.3, 0.4) is 0 Å². The Morgan fingerprint density at radius 3 is 2.38 bits per heavy atom. The fourth-order valence-electron chi connectivity index (χ4n) is 0.342. The molecule has 2 nitrogen and oxygen atoms in total. The molecule has 3 N–H and O–H groups in total. The van der Waals surface area contributed by atoms with Crippen molar-refractivity contribution in [3.05, 3.63) is 29.0 Å². The van der Waals surface area contributed by atoms with Gasteiger partial charge in [0.2, 0.25) is 0 Å². The minimum Gasteiger partial charge on any atom is -0.344 e. The second-order valence-corrected chi connectivity index (χ2v) is 1.96.